The largest absolute Gasteiger partial charge is 0.494 e. The highest BCUT2D eigenvalue weighted by Crippen LogP contribution is 2.22. The maximum absolute atomic E-state index is 12.9. The number of rotatable bonds is 7. The van der Waals surface area contributed by atoms with Crippen molar-refractivity contribution in [1.82, 2.24) is 9.62 Å². The molecular formula is C22H28N2O5S. The summed E-state index contributed by atoms with van der Waals surface area (Å²) in [6.45, 7) is 7.56. The van der Waals surface area contributed by atoms with Gasteiger partial charge in [-0.15, -0.1) is 0 Å². The summed E-state index contributed by atoms with van der Waals surface area (Å²) in [5.74, 6) is 0.463. The Hall–Kier alpha value is -2.42. The molecule has 0 spiro atoms. The van der Waals surface area contributed by atoms with E-state index >= 15 is 0 Å². The van der Waals surface area contributed by atoms with Crippen LogP contribution in [0.1, 0.15) is 41.4 Å². The molecule has 8 heteroatoms. The van der Waals surface area contributed by atoms with Crippen molar-refractivity contribution in [2.45, 2.75) is 31.7 Å². The number of benzene rings is 2. The molecular weight excluding hydrogens is 404 g/mol. The van der Waals surface area contributed by atoms with Gasteiger partial charge in [0.15, 0.2) is 0 Å². The van der Waals surface area contributed by atoms with Crippen LogP contribution in [-0.4, -0.2) is 51.5 Å². The van der Waals surface area contributed by atoms with E-state index in [1.54, 1.807) is 19.1 Å². The number of ether oxygens (including phenoxy) is 2. The molecule has 1 amide bonds. The molecule has 0 aromatic heterocycles. The van der Waals surface area contributed by atoms with Gasteiger partial charge in [0.05, 0.1) is 30.8 Å². The van der Waals surface area contributed by atoms with Crippen LogP contribution in [-0.2, 0) is 14.8 Å². The fourth-order valence-corrected chi connectivity index (χ4v) is 4.75. The van der Waals surface area contributed by atoms with Gasteiger partial charge < -0.3 is 14.8 Å². The second-order valence-electron chi connectivity index (χ2n) is 7.19. The maximum atomic E-state index is 12.9. The zero-order valence-corrected chi connectivity index (χ0v) is 18.4. The van der Waals surface area contributed by atoms with E-state index in [0.29, 0.717) is 44.0 Å². The molecule has 7 nitrogen and oxygen atoms in total. The lowest BCUT2D eigenvalue weighted by atomic mass is 10.1. The van der Waals surface area contributed by atoms with Gasteiger partial charge in [-0.25, -0.2) is 8.42 Å². The molecule has 162 valence electrons. The first-order valence-corrected chi connectivity index (χ1v) is 11.5. The fourth-order valence-electron chi connectivity index (χ4n) is 3.32. The van der Waals surface area contributed by atoms with E-state index in [-0.39, 0.29) is 16.8 Å². The molecule has 30 heavy (non-hydrogen) atoms. The van der Waals surface area contributed by atoms with Gasteiger partial charge in [0.25, 0.3) is 5.91 Å². The maximum Gasteiger partial charge on any atom is 0.252 e. The Balaban J connectivity index is 1.77. The molecule has 3 rings (SSSR count). The molecule has 1 N–H and O–H groups in total. The zero-order chi connectivity index (χ0) is 21.7. The van der Waals surface area contributed by atoms with Gasteiger partial charge in [-0.05, 0) is 56.2 Å². The van der Waals surface area contributed by atoms with Crippen molar-refractivity contribution in [2.24, 2.45) is 0 Å². The predicted octanol–water partition coefficient (Wildman–Crippen LogP) is 2.91. The van der Waals surface area contributed by atoms with Crippen LogP contribution in [0.5, 0.6) is 5.75 Å². The van der Waals surface area contributed by atoms with E-state index in [9.17, 15) is 13.2 Å². The van der Waals surface area contributed by atoms with E-state index in [4.69, 9.17) is 9.47 Å². The van der Waals surface area contributed by atoms with E-state index in [2.05, 4.69) is 5.32 Å². The molecule has 0 unspecified atom stereocenters. The highest BCUT2D eigenvalue weighted by molar-refractivity contribution is 7.89. The number of hydrogen-bond donors (Lipinski definition) is 1. The summed E-state index contributed by atoms with van der Waals surface area (Å²) in [6.07, 6.45) is 0. The number of amides is 1. The summed E-state index contributed by atoms with van der Waals surface area (Å²) in [6, 6.07) is 12.0. The number of carbonyl (C=O) groups excluding carboxylic acids is 1. The highest BCUT2D eigenvalue weighted by Gasteiger charge is 2.27. The van der Waals surface area contributed by atoms with Crippen molar-refractivity contribution in [3.63, 3.8) is 0 Å². The van der Waals surface area contributed by atoms with Crippen molar-refractivity contribution in [3.05, 3.63) is 59.2 Å². The normalized spacial score (nSPS) is 16.1. The molecule has 2 aromatic carbocycles. The van der Waals surface area contributed by atoms with Gasteiger partial charge in [-0.3, -0.25) is 4.79 Å². The van der Waals surface area contributed by atoms with Gasteiger partial charge in [-0.2, -0.15) is 4.31 Å². The lowest BCUT2D eigenvalue weighted by molar-refractivity contribution is 0.0730. The van der Waals surface area contributed by atoms with Crippen LogP contribution in [0.3, 0.4) is 0 Å². The number of morpholine rings is 1. The Morgan fingerprint density at radius 3 is 2.47 bits per heavy atom. The van der Waals surface area contributed by atoms with Crippen LogP contribution in [0, 0.1) is 6.92 Å². The second kappa shape index (κ2) is 9.59. The van der Waals surface area contributed by atoms with Gasteiger partial charge in [-0.1, -0.05) is 18.2 Å². The van der Waals surface area contributed by atoms with Crippen LogP contribution in [0.2, 0.25) is 0 Å². The van der Waals surface area contributed by atoms with Crippen LogP contribution >= 0.6 is 0 Å². The zero-order valence-electron chi connectivity index (χ0n) is 17.6. The Kier molecular flexibility index (Phi) is 7.12. The molecule has 0 bridgehead atoms. The molecule has 0 saturated carbocycles. The van der Waals surface area contributed by atoms with E-state index in [1.807, 2.05) is 38.1 Å². The van der Waals surface area contributed by atoms with Gasteiger partial charge in [0, 0.05) is 18.7 Å². The van der Waals surface area contributed by atoms with Gasteiger partial charge in [0.1, 0.15) is 5.75 Å². The smallest absolute Gasteiger partial charge is 0.252 e. The molecule has 1 saturated heterocycles. The van der Waals surface area contributed by atoms with Crippen LogP contribution in [0.15, 0.2) is 47.4 Å². The number of nitrogens with zero attached hydrogens (tertiary/aromatic N) is 1. The minimum Gasteiger partial charge on any atom is -0.494 e. The molecule has 0 aliphatic carbocycles. The third kappa shape index (κ3) is 5.00. The minimum atomic E-state index is -3.67. The first-order valence-electron chi connectivity index (χ1n) is 10.0. The van der Waals surface area contributed by atoms with E-state index in [1.165, 1.54) is 10.4 Å². The Morgan fingerprint density at radius 2 is 1.83 bits per heavy atom. The Bertz CT molecular complexity index is 983. The summed E-state index contributed by atoms with van der Waals surface area (Å²) in [4.78, 5) is 13.0. The molecule has 1 atom stereocenters. The number of aryl methyl sites for hydroxylation is 1. The molecule has 1 heterocycles. The van der Waals surface area contributed by atoms with E-state index < -0.39 is 10.0 Å². The SMILES string of the molecule is CCOc1ccc([C@@H](C)NC(=O)c2cc(S(=O)(=O)N3CCOCC3)ccc2C)cc1. The summed E-state index contributed by atoms with van der Waals surface area (Å²) in [5.41, 5.74) is 2.00. The minimum absolute atomic E-state index is 0.119. The first kappa shape index (κ1) is 22.3. The monoisotopic (exact) mass is 432 g/mol. The Morgan fingerprint density at radius 1 is 1.17 bits per heavy atom. The first-order chi connectivity index (χ1) is 14.3. The molecule has 1 fully saturated rings. The summed E-state index contributed by atoms with van der Waals surface area (Å²) < 4.78 is 37.9. The summed E-state index contributed by atoms with van der Waals surface area (Å²) >= 11 is 0. The lowest BCUT2D eigenvalue weighted by Gasteiger charge is -2.26. The number of carbonyl (C=O) groups is 1. The van der Waals surface area contributed by atoms with Crippen molar-refractivity contribution >= 4 is 15.9 Å². The van der Waals surface area contributed by atoms with Crippen LogP contribution < -0.4 is 10.1 Å². The third-order valence-corrected chi connectivity index (χ3v) is 6.99. The average Bonchev–Trinajstić information content (AvgIpc) is 2.75. The van der Waals surface area contributed by atoms with Crippen LogP contribution in [0.25, 0.3) is 0 Å². The topological polar surface area (TPSA) is 84.9 Å². The quantitative estimate of drug-likeness (QED) is 0.727. The standard InChI is InChI=1S/C22H28N2O5S/c1-4-29-19-8-6-18(7-9-19)17(3)23-22(25)21-15-20(10-5-16(21)2)30(26,27)24-11-13-28-14-12-24/h5-10,15,17H,4,11-14H2,1-3H3,(H,23,25)/t17-/m1/s1. The highest BCUT2D eigenvalue weighted by atomic mass is 32.2. The van der Waals surface area contributed by atoms with Gasteiger partial charge in [0.2, 0.25) is 10.0 Å². The summed E-state index contributed by atoms with van der Waals surface area (Å²) in [7, 11) is -3.67. The fraction of sp³-hybridized carbons (Fsp3) is 0.409. The number of nitrogens with one attached hydrogen (secondary N) is 1. The van der Waals surface area contributed by atoms with Crippen molar-refractivity contribution in [1.29, 1.82) is 0 Å². The molecule has 1 aliphatic heterocycles. The molecule has 2 aromatic rings. The average molecular weight is 433 g/mol. The van der Waals surface area contributed by atoms with Crippen LogP contribution in [0.4, 0.5) is 0 Å². The molecule has 1 aliphatic rings. The predicted molar refractivity (Wildman–Crippen MR) is 114 cm³/mol. The lowest BCUT2D eigenvalue weighted by Crippen LogP contribution is -2.40. The number of hydrogen-bond acceptors (Lipinski definition) is 5. The second-order valence-corrected chi connectivity index (χ2v) is 9.13. The van der Waals surface area contributed by atoms with E-state index in [0.717, 1.165) is 11.3 Å². The van der Waals surface area contributed by atoms with Crippen molar-refractivity contribution in [2.75, 3.05) is 32.9 Å². The Labute approximate surface area is 178 Å². The third-order valence-electron chi connectivity index (χ3n) is 5.10. The molecule has 0 radical (unpaired) electrons. The van der Waals surface area contributed by atoms with Gasteiger partial charge >= 0.3 is 0 Å². The summed E-state index contributed by atoms with van der Waals surface area (Å²) in [5, 5.41) is 2.95. The van der Waals surface area contributed by atoms with Crippen molar-refractivity contribution < 1.29 is 22.7 Å². The van der Waals surface area contributed by atoms with Crippen molar-refractivity contribution in [3.8, 4) is 5.75 Å². The number of sulfonamides is 1.